The van der Waals surface area contributed by atoms with Gasteiger partial charge in [0.05, 0.1) is 7.11 Å². The van der Waals surface area contributed by atoms with Crippen LogP contribution < -0.4 is 0 Å². The number of rotatable bonds is 6. The number of aryl methyl sites for hydroxylation is 1. The average molecular weight is 212 g/mol. The van der Waals surface area contributed by atoms with Gasteiger partial charge in [0.25, 0.3) is 0 Å². The molecule has 1 heterocycles. The second-order valence-electron chi connectivity index (χ2n) is 3.30. The zero-order valence-corrected chi connectivity index (χ0v) is 9.15. The van der Waals surface area contributed by atoms with Crippen molar-refractivity contribution in [2.45, 2.75) is 39.0 Å². The normalized spacial score (nSPS) is 10.3. The van der Waals surface area contributed by atoms with Crippen molar-refractivity contribution in [3.63, 3.8) is 0 Å². The van der Waals surface area contributed by atoms with Gasteiger partial charge in [-0.2, -0.15) is 0 Å². The van der Waals surface area contributed by atoms with Crippen LogP contribution in [-0.2, 0) is 11.2 Å². The Kier molecular flexibility index (Phi) is 4.80. The fraction of sp³-hybridized carbons (Fsp3) is 0.700. The smallest absolute Gasteiger partial charge is 0.396 e. The quantitative estimate of drug-likeness (QED) is 0.533. The summed E-state index contributed by atoms with van der Waals surface area (Å²) >= 11 is 0. The lowest BCUT2D eigenvalue weighted by Crippen LogP contribution is -2.00. The van der Waals surface area contributed by atoms with Gasteiger partial charge in [-0.15, -0.1) is 10.2 Å². The summed E-state index contributed by atoms with van der Waals surface area (Å²) in [5.41, 5.74) is 0. The molecule has 1 aromatic heterocycles. The van der Waals surface area contributed by atoms with Crippen LogP contribution in [0.2, 0.25) is 0 Å². The number of aromatic nitrogens is 2. The van der Waals surface area contributed by atoms with Crippen molar-refractivity contribution in [3.8, 4) is 0 Å². The van der Waals surface area contributed by atoms with Crippen molar-refractivity contribution in [1.82, 2.24) is 10.2 Å². The molecule has 0 aliphatic carbocycles. The van der Waals surface area contributed by atoms with E-state index in [0.717, 1.165) is 19.3 Å². The zero-order chi connectivity index (χ0) is 11.1. The van der Waals surface area contributed by atoms with Gasteiger partial charge in [-0.1, -0.05) is 26.2 Å². The number of hydrogen-bond donors (Lipinski definition) is 0. The van der Waals surface area contributed by atoms with Crippen molar-refractivity contribution in [2.24, 2.45) is 0 Å². The number of methoxy groups -OCH3 is 1. The Hall–Kier alpha value is -1.39. The summed E-state index contributed by atoms with van der Waals surface area (Å²) in [6.45, 7) is 2.15. The lowest BCUT2D eigenvalue weighted by molar-refractivity contribution is 0.0554. The first kappa shape index (κ1) is 11.7. The molecule has 5 nitrogen and oxygen atoms in total. The van der Waals surface area contributed by atoms with E-state index in [0.29, 0.717) is 5.89 Å². The minimum Gasteiger partial charge on any atom is -0.462 e. The molecule has 0 amide bonds. The molecule has 1 rings (SSSR count). The third kappa shape index (κ3) is 3.69. The van der Waals surface area contributed by atoms with Crippen molar-refractivity contribution in [2.75, 3.05) is 7.11 Å². The number of hydrogen-bond acceptors (Lipinski definition) is 5. The van der Waals surface area contributed by atoms with Crippen LogP contribution >= 0.6 is 0 Å². The maximum Gasteiger partial charge on any atom is 0.396 e. The molecule has 0 unspecified atom stereocenters. The molecule has 15 heavy (non-hydrogen) atoms. The average Bonchev–Trinajstić information content (AvgIpc) is 2.72. The molecule has 0 spiro atoms. The van der Waals surface area contributed by atoms with Crippen LogP contribution in [0.25, 0.3) is 0 Å². The van der Waals surface area contributed by atoms with E-state index in [9.17, 15) is 4.79 Å². The first-order valence-corrected chi connectivity index (χ1v) is 5.18. The molecule has 0 N–H and O–H groups in total. The Labute approximate surface area is 88.8 Å². The number of esters is 1. The highest BCUT2D eigenvalue weighted by molar-refractivity contribution is 5.83. The topological polar surface area (TPSA) is 65.2 Å². The van der Waals surface area contributed by atoms with E-state index < -0.39 is 5.97 Å². The van der Waals surface area contributed by atoms with Crippen molar-refractivity contribution in [3.05, 3.63) is 11.8 Å². The highest BCUT2D eigenvalue weighted by atomic mass is 16.5. The molecule has 0 radical (unpaired) electrons. The van der Waals surface area contributed by atoms with E-state index >= 15 is 0 Å². The molecule has 0 aromatic carbocycles. The molecule has 5 heteroatoms. The minimum atomic E-state index is -0.581. The second-order valence-corrected chi connectivity index (χ2v) is 3.30. The molecular formula is C10H16N2O3. The van der Waals surface area contributed by atoms with Crippen LogP contribution in [0.3, 0.4) is 0 Å². The number of carbonyl (C=O) groups is 1. The second kappa shape index (κ2) is 6.16. The van der Waals surface area contributed by atoms with Gasteiger partial charge in [0.15, 0.2) is 0 Å². The van der Waals surface area contributed by atoms with Gasteiger partial charge < -0.3 is 9.15 Å². The number of nitrogens with zero attached hydrogens (tertiary/aromatic N) is 2. The summed E-state index contributed by atoms with van der Waals surface area (Å²) in [6.07, 6.45) is 5.28. The fourth-order valence-electron chi connectivity index (χ4n) is 1.23. The standard InChI is InChI=1S/C10H16N2O3/c1-3-4-5-6-7-8-11-12-9(15-8)10(13)14-2/h3-7H2,1-2H3. The van der Waals surface area contributed by atoms with Crippen LogP contribution in [0.1, 0.15) is 49.2 Å². The van der Waals surface area contributed by atoms with Crippen LogP contribution in [0.15, 0.2) is 4.42 Å². The van der Waals surface area contributed by atoms with E-state index in [-0.39, 0.29) is 5.89 Å². The maximum absolute atomic E-state index is 11.0. The van der Waals surface area contributed by atoms with E-state index in [2.05, 4.69) is 21.9 Å². The van der Waals surface area contributed by atoms with Crippen molar-refractivity contribution >= 4 is 5.97 Å². The van der Waals surface area contributed by atoms with Gasteiger partial charge in [-0.25, -0.2) is 4.79 Å². The molecule has 0 bridgehead atoms. The van der Waals surface area contributed by atoms with Gasteiger partial charge in [0, 0.05) is 6.42 Å². The minimum absolute atomic E-state index is 0.0667. The highest BCUT2D eigenvalue weighted by Crippen LogP contribution is 2.07. The van der Waals surface area contributed by atoms with E-state index in [4.69, 9.17) is 4.42 Å². The summed E-state index contributed by atoms with van der Waals surface area (Å²) in [5, 5.41) is 7.36. The van der Waals surface area contributed by atoms with Gasteiger partial charge in [-0.05, 0) is 6.42 Å². The maximum atomic E-state index is 11.0. The van der Waals surface area contributed by atoms with Crippen molar-refractivity contribution < 1.29 is 13.9 Å². The molecule has 0 aliphatic rings. The van der Waals surface area contributed by atoms with E-state index in [1.54, 1.807) is 0 Å². The summed E-state index contributed by atoms with van der Waals surface area (Å²) in [5.74, 6) is -0.142. The number of ether oxygens (including phenoxy) is 1. The van der Waals surface area contributed by atoms with Gasteiger partial charge in [0.1, 0.15) is 0 Å². The summed E-state index contributed by atoms with van der Waals surface area (Å²) in [7, 11) is 1.29. The van der Waals surface area contributed by atoms with E-state index in [1.165, 1.54) is 20.0 Å². The first-order chi connectivity index (χ1) is 7.27. The van der Waals surface area contributed by atoms with Crippen LogP contribution in [0, 0.1) is 0 Å². The zero-order valence-electron chi connectivity index (χ0n) is 9.15. The Balaban J connectivity index is 2.36. The van der Waals surface area contributed by atoms with Crippen LogP contribution in [0.4, 0.5) is 0 Å². The van der Waals surface area contributed by atoms with E-state index in [1.807, 2.05) is 0 Å². The predicted molar refractivity (Wildman–Crippen MR) is 53.5 cm³/mol. The molecule has 84 valence electrons. The predicted octanol–water partition coefficient (Wildman–Crippen LogP) is 1.98. The first-order valence-electron chi connectivity index (χ1n) is 5.18. The van der Waals surface area contributed by atoms with Gasteiger partial charge in [0.2, 0.25) is 5.89 Å². The molecule has 0 aliphatic heterocycles. The number of unbranched alkanes of at least 4 members (excludes halogenated alkanes) is 3. The Morgan fingerprint density at radius 2 is 2.13 bits per heavy atom. The molecular weight excluding hydrogens is 196 g/mol. The summed E-state index contributed by atoms with van der Waals surface area (Å²) in [6, 6.07) is 0. The Morgan fingerprint density at radius 3 is 2.80 bits per heavy atom. The fourth-order valence-corrected chi connectivity index (χ4v) is 1.23. The molecule has 0 saturated carbocycles. The molecule has 0 saturated heterocycles. The third-order valence-electron chi connectivity index (χ3n) is 2.07. The lowest BCUT2D eigenvalue weighted by Gasteiger charge is -1.94. The van der Waals surface area contributed by atoms with Crippen molar-refractivity contribution in [1.29, 1.82) is 0 Å². The largest absolute Gasteiger partial charge is 0.462 e. The monoisotopic (exact) mass is 212 g/mol. The lowest BCUT2D eigenvalue weighted by atomic mass is 10.1. The molecule has 0 atom stereocenters. The van der Waals surface area contributed by atoms with Gasteiger partial charge in [-0.3, -0.25) is 0 Å². The highest BCUT2D eigenvalue weighted by Gasteiger charge is 2.14. The molecule has 1 aromatic rings. The van der Waals surface area contributed by atoms with Crippen LogP contribution in [-0.4, -0.2) is 23.3 Å². The van der Waals surface area contributed by atoms with Crippen LogP contribution in [0.5, 0.6) is 0 Å². The SMILES string of the molecule is CCCCCCc1nnc(C(=O)OC)o1. The Bertz CT molecular complexity index is 309. The Morgan fingerprint density at radius 1 is 1.33 bits per heavy atom. The van der Waals surface area contributed by atoms with Gasteiger partial charge >= 0.3 is 11.9 Å². The summed E-state index contributed by atoms with van der Waals surface area (Å²) < 4.78 is 9.58. The molecule has 0 fully saturated rings. The summed E-state index contributed by atoms with van der Waals surface area (Å²) in [4.78, 5) is 11.0. The third-order valence-corrected chi connectivity index (χ3v) is 2.07. The number of carbonyl (C=O) groups excluding carboxylic acids is 1.